The van der Waals surface area contributed by atoms with Gasteiger partial charge in [-0.25, -0.2) is 0 Å². The zero-order valence-corrected chi connectivity index (χ0v) is 23.7. The quantitative estimate of drug-likeness (QED) is 0.284. The second-order valence-electron chi connectivity index (χ2n) is 15.3. The molecular formula is C32H52O2. The van der Waals surface area contributed by atoms with Crippen LogP contribution in [0.2, 0.25) is 0 Å². The Bertz CT molecular complexity index is 885. The van der Waals surface area contributed by atoms with Gasteiger partial charge in [-0.1, -0.05) is 67.0 Å². The molecule has 34 heavy (non-hydrogen) atoms. The van der Waals surface area contributed by atoms with Crippen LogP contribution >= 0.6 is 0 Å². The fourth-order valence-electron chi connectivity index (χ4n) is 11.2. The van der Waals surface area contributed by atoms with Gasteiger partial charge in [0, 0.05) is 12.3 Å². The Balaban J connectivity index is 1.54. The summed E-state index contributed by atoms with van der Waals surface area (Å²) in [6, 6.07) is 0. The number of esters is 1. The SMILES string of the molecule is CC(=O)O[C@H]1CC[C@]2(C)[C@H]3CC=C4[C@H]5[C@@H](C)[C@H](C)CC[C@]5(C)CC[C@@]4(C)[C@@]3(C)CC[C@H]2C1(C)C. The summed E-state index contributed by atoms with van der Waals surface area (Å²) in [7, 11) is 0. The Morgan fingerprint density at radius 3 is 2.26 bits per heavy atom. The lowest BCUT2D eigenvalue weighted by Crippen LogP contribution is -2.65. The molecule has 10 atom stereocenters. The van der Waals surface area contributed by atoms with Crippen molar-refractivity contribution in [2.45, 2.75) is 126 Å². The fourth-order valence-corrected chi connectivity index (χ4v) is 11.2. The lowest BCUT2D eigenvalue weighted by Gasteiger charge is -2.71. The van der Waals surface area contributed by atoms with Gasteiger partial charge in [0.05, 0.1) is 0 Å². The van der Waals surface area contributed by atoms with E-state index in [-0.39, 0.29) is 17.5 Å². The molecule has 192 valence electrons. The van der Waals surface area contributed by atoms with Crippen LogP contribution in [0.3, 0.4) is 0 Å². The standard InChI is InChI=1S/C32H52O2/c1-20-12-15-29(6)18-19-31(8)23(27(29)21(20)2)10-11-25-30(7)16-14-26(34-22(3)33)28(4,5)24(30)13-17-32(25,31)9/h10,20-21,24-27H,11-19H2,1-9H3/t20-,21+,24+,25-,26+,27-,29-,30+,31-,32+/m1/s1. The van der Waals surface area contributed by atoms with Crippen LogP contribution in [0.25, 0.3) is 0 Å². The summed E-state index contributed by atoms with van der Waals surface area (Å²) in [6.07, 6.45) is 14.6. The van der Waals surface area contributed by atoms with Gasteiger partial charge in [0.15, 0.2) is 0 Å². The Labute approximate surface area is 210 Å². The molecule has 0 bridgehead atoms. The molecule has 0 unspecified atom stereocenters. The van der Waals surface area contributed by atoms with E-state index in [9.17, 15) is 4.79 Å². The smallest absolute Gasteiger partial charge is 0.302 e. The molecule has 0 spiro atoms. The van der Waals surface area contributed by atoms with Gasteiger partial charge in [-0.15, -0.1) is 0 Å². The topological polar surface area (TPSA) is 26.3 Å². The highest BCUT2D eigenvalue weighted by molar-refractivity contribution is 5.66. The van der Waals surface area contributed by atoms with E-state index in [1.165, 1.54) is 51.4 Å². The van der Waals surface area contributed by atoms with Crippen LogP contribution in [0.15, 0.2) is 11.6 Å². The first-order valence-electron chi connectivity index (χ1n) is 14.6. The van der Waals surface area contributed by atoms with Crippen LogP contribution in [0.1, 0.15) is 120 Å². The average molecular weight is 469 g/mol. The number of fused-ring (bicyclic) bond motifs is 7. The van der Waals surface area contributed by atoms with E-state index >= 15 is 0 Å². The minimum atomic E-state index is -0.110. The number of rotatable bonds is 1. The average Bonchev–Trinajstić information content (AvgIpc) is 2.74. The van der Waals surface area contributed by atoms with Gasteiger partial charge in [-0.2, -0.15) is 0 Å². The van der Waals surface area contributed by atoms with E-state index in [4.69, 9.17) is 4.74 Å². The molecule has 5 aliphatic rings. The highest BCUT2D eigenvalue weighted by Gasteiger charge is 2.68. The van der Waals surface area contributed by atoms with Crippen molar-refractivity contribution >= 4 is 5.97 Å². The van der Waals surface area contributed by atoms with Crippen molar-refractivity contribution < 1.29 is 9.53 Å². The Morgan fingerprint density at radius 2 is 1.59 bits per heavy atom. The van der Waals surface area contributed by atoms with Crippen molar-refractivity contribution in [2.75, 3.05) is 0 Å². The van der Waals surface area contributed by atoms with Gasteiger partial charge in [-0.05, 0) is 109 Å². The number of ether oxygens (including phenoxy) is 1. The number of allylic oxidation sites excluding steroid dienone is 2. The molecule has 2 heteroatoms. The van der Waals surface area contributed by atoms with Crippen LogP contribution in [0.5, 0.6) is 0 Å². The first kappa shape index (κ1) is 24.9. The van der Waals surface area contributed by atoms with Crippen LogP contribution in [0.4, 0.5) is 0 Å². The van der Waals surface area contributed by atoms with Crippen LogP contribution < -0.4 is 0 Å². The second-order valence-corrected chi connectivity index (χ2v) is 15.3. The number of carbonyl (C=O) groups is 1. The van der Waals surface area contributed by atoms with Gasteiger partial charge in [-0.3, -0.25) is 4.79 Å². The lowest BCUT2D eigenvalue weighted by atomic mass is 9.33. The second kappa shape index (κ2) is 7.61. The minimum absolute atomic E-state index is 0.0450. The van der Waals surface area contributed by atoms with E-state index in [1.807, 2.05) is 5.57 Å². The first-order chi connectivity index (χ1) is 15.7. The van der Waals surface area contributed by atoms with Gasteiger partial charge in [0.1, 0.15) is 6.10 Å². The molecule has 2 nitrogen and oxygen atoms in total. The van der Waals surface area contributed by atoms with Gasteiger partial charge in [0.2, 0.25) is 0 Å². The molecule has 0 amide bonds. The molecule has 0 heterocycles. The van der Waals surface area contributed by atoms with Gasteiger partial charge in [0.25, 0.3) is 0 Å². The Kier molecular flexibility index (Phi) is 5.57. The Hall–Kier alpha value is -0.790. The molecule has 0 radical (unpaired) electrons. The van der Waals surface area contributed by atoms with E-state index in [0.717, 1.165) is 30.1 Å². The van der Waals surface area contributed by atoms with Gasteiger partial charge >= 0.3 is 5.97 Å². The first-order valence-corrected chi connectivity index (χ1v) is 14.6. The molecule has 0 saturated heterocycles. The monoisotopic (exact) mass is 468 g/mol. The number of carbonyl (C=O) groups excluding carboxylic acids is 1. The minimum Gasteiger partial charge on any atom is -0.462 e. The van der Waals surface area contributed by atoms with Crippen molar-refractivity contribution in [3.8, 4) is 0 Å². The van der Waals surface area contributed by atoms with Crippen LogP contribution in [-0.4, -0.2) is 12.1 Å². The molecule has 0 aromatic heterocycles. The summed E-state index contributed by atoms with van der Waals surface area (Å²) in [5.74, 6) is 3.66. The number of hydrogen-bond acceptors (Lipinski definition) is 2. The lowest BCUT2D eigenvalue weighted by molar-refractivity contribution is -0.212. The maximum absolute atomic E-state index is 11.9. The molecule has 4 saturated carbocycles. The third-order valence-corrected chi connectivity index (χ3v) is 13.6. The summed E-state index contributed by atoms with van der Waals surface area (Å²) in [4.78, 5) is 11.9. The third kappa shape index (κ3) is 3.08. The predicted molar refractivity (Wildman–Crippen MR) is 140 cm³/mol. The van der Waals surface area contributed by atoms with Crippen molar-refractivity contribution in [2.24, 2.45) is 56.7 Å². The van der Waals surface area contributed by atoms with Crippen LogP contribution in [0, 0.1) is 56.7 Å². The maximum Gasteiger partial charge on any atom is 0.302 e. The molecule has 0 aromatic rings. The maximum atomic E-state index is 11.9. The highest BCUT2D eigenvalue weighted by Crippen LogP contribution is 2.75. The van der Waals surface area contributed by atoms with Crippen molar-refractivity contribution in [3.63, 3.8) is 0 Å². The normalized spacial score (nSPS) is 54.0. The highest BCUT2D eigenvalue weighted by atomic mass is 16.5. The van der Waals surface area contributed by atoms with Crippen molar-refractivity contribution in [3.05, 3.63) is 11.6 Å². The zero-order valence-electron chi connectivity index (χ0n) is 23.7. The van der Waals surface area contributed by atoms with E-state index in [2.05, 4.69) is 61.5 Å². The number of hydrogen-bond donors (Lipinski definition) is 0. The summed E-state index contributed by atoms with van der Waals surface area (Å²) < 4.78 is 5.91. The predicted octanol–water partition coefficient (Wildman–Crippen LogP) is 8.60. The molecule has 5 aliphatic carbocycles. The van der Waals surface area contributed by atoms with E-state index in [1.54, 1.807) is 6.92 Å². The summed E-state index contributed by atoms with van der Waals surface area (Å²) >= 11 is 0. The summed E-state index contributed by atoms with van der Waals surface area (Å²) in [5.41, 5.74) is 3.44. The van der Waals surface area contributed by atoms with Crippen LogP contribution in [-0.2, 0) is 9.53 Å². The fraction of sp³-hybridized carbons (Fsp3) is 0.906. The van der Waals surface area contributed by atoms with E-state index in [0.29, 0.717) is 27.6 Å². The zero-order chi connectivity index (χ0) is 24.9. The van der Waals surface area contributed by atoms with Gasteiger partial charge < -0.3 is 4.74 Å². The van der Waals surface area contributed by atoms with Crippen molar-refractivity contribution in [1.82, 2.24) is 0 Å². The summed E-state index contributed by atoms with van der Waals surface area (Å²) in [5, 5.41) is 0. The van der Waals surface area contributed by atoms with Crippen molar-refractivity contribution in [1.29, 1.82) is 0 Å². The molecule has 0 aromatic carbocycles. The third-order valence-electron chi connectivity index (χ3n) is 13.6. The summed E-state index contributed by atoms with van der Waals surface area (Å²) in [6.45, 7) is 22.1. The largest absolute Gasteiger partial charge is 0.462 e. The molecular weight excluding hydrogens is 416 g/mol. The molecule has 4 fully saturated rings. The molecule has 0 N–H and O–H groups in total. The molecule has 0 aliphatic heterocycles. The molecule has 5 rings (SSSR count). The van der Waals surface area contributed by atoms with E-state index < -0.39 is 0 Å². The Morgan fingerprint density at radius 1 is 0.882 bits per heavy atom.